The Morgan fingerprint density at radius 1 is 1.25 bits per heavy atom. The van der Waals surface area contributed by atoms with Gasteiger partial charge in [0.2, 0.25) is 0 Å². The van der Waals surface area contributed by atoms with Crippen molar-refractivity contribution in [3.63, 3.8) is 0 Å². The van der Waals surface area contributed by atoms with Crippen LogP contribution in [-0.2, 0) is 4.79 Å². The Kier molecular flexibility index (Phi) is 4.68. The quantitative estimate of drug-likeness (QED) is 0.805. The molecule has 0 aromatic carbocycles. The first-order valence-electron chi connectivity index (χ1n) is 7.83. The average Bonchev–Trinajstić information content (AvgIpc) is 2.58. The molecule has 2 fully saturated rings. The van der Waals surface area contributed by atoms with Crippen molar-refractivity contribution in [3.8, 4) is 0 Å². The molecule has 2 heterocycles. The smallest absolute Gasteiger partial charge is 0.254 e. The van der Waals surface area contributed by atoms with Crippen LogP contribution in [0.2, 0.25) is 0 Å². The number of piperidine rings is 1. The first-order chi connectivity index (χ1) is 9.42. The lowest BCUT2D eigenvalue weighted by atomic mass is 9.91. The van der Waals surface area contributed by atoms with E-state index < -0.39 is 5.54 Å². The molecule has 2 aliphatic heterocycles. The van der Waals surface area contributed by atoms with Gasteiger partial charge in [-0.2, -0.15) is 0 Å². The molecule has 114 valence electrons. The molecule has 1 amide bonds. The van der Waals surface area contributed by atoms with Crippen molar-refractivity contribution in [1.29, 1.82) is 5.41 Å². The lowest BCUT2D eigenvalue weighted by Crippen LogP contribution is -2.45. The van der Waals surface area contributed by atoms with E-state index in [2.05, 4.69) is 24.1 Å². The highest BCUT2D eigenvalue weighted by molar-refractivity contribution is 6.07. The zero-order valence-corrected chi connectivity index (χ0v) is 13.0. The number of rotatable bonds is 5. The summed E-state index contributed by atoms with van der Waals surface area (Å²) < 4.78 is 0. The topological polar surface area (TPSA) is 59.4 Å². The van der Waals surface area contributed by atoms with Crippen molar-refractivity contribution >= 4 is 11.9 Å². The van der Waals surface area contributed by atoms with Crippen LogP contribution < -0.4 is 5.32 Å². The van der Waals surface area contributed by atoms with Gasteiger partial charge in [0, 0.05) is 13.1 Å². The first-order valence-corrected chi connectivity index (χ1v) is 7.83. The van der Waals surface area contributed by atoms with Crippen LogP contribution in [-0.4, -0.2) is 53.4 Å². The second-order valence-corrected chi connectivity index (χ2v) is 6.76. The number of nitrogens with zero attached hydrogens (tertiary/aromatic N) is 2. The summed E-state index contributed by atoms with van der Waals surface area (Å²) in [6, 6.07) is 0. The molecule has 2 aliphatic rings. The van der Waals surface area contributed by atoms with E-state index in [1.54, 1.807) is 4.90 Å². The molecule has 0 aromatic heterocycles. The fourth-order valence-electron chi connectivity index (χ4n) is 3.37. The van der Waals surface area contributed by atoms with E-state index in [0.717, 1.165) is 26.1 Å². The lowest BCUT2D eigenvalue weighted by Gasteiger charge is -2.28. The number of hydrogen-bond donors (Lipinski definition) is 2. The molecule has 0 aliphatic carbocycles. The summed E-state index contributed by atoms with van der Waals surface area (Å²) in [4.78, 5) is 16.6. The largest absolute Gasteiger partial charge is 0.342 e. The third kappa shape index (κ3) is 3.32. The van der Waals surface area contributed by atoms with Gasteiger partial charge in [0.1, 0.15) is 5.54 Å². The molecule has 5 nitrogen and oxygen atoms in total. The summed E-state index contributed by atoms with van der Waals surface area (Å²) in [7, 11) is 0. The highest BCUT2D eigenvalue weighted by atomic mass is 16.2. The van der Waals surface area contributed by atoms with Crippen LogP contribution in [0.5, 0.6) is 0 Å². The van der Waals surface area contributed by atoms with Gasteiger partial charge < -0.3 is 10.2 Å². The number of guanidine groups is 1. The average molecular weight is 280 g/mol. The van der Waals surface area contributed by atoms with Crippen molar-refractivity contribution in [2.45, 2.75) is 52.0 Å². The Morgan fingerprint density at radius 2 is 1.90 bits per heavy atom. The van der Waals surface area contributed by atoms with Crippen LogP contribution in [0.15, 0.2) is 0 Å². The monoisotopic (exact) mass is 280 g/mol. The Bertz CT molecular complexity index is 376. The predicted molar refractivity (Wildman–Crippen MR) is 80.7 cm³/mol. The highest BCUT2D eigenvalue weighted by Crippen LogP contribution is 2.24. The van der Waals surface area contributed by atoms with Gasteiger partial charge in [0.05, 0.1) is 0 Å². The highest BCUT2D eigenvalue weighted by Gasteiger charge is 2.45. The van der Waals surface area contributed by atoms with Gasteiger partial charge in [-0.3, -0.25) is 15.1 Å². The molecular formula is C15H28N4O. The molecule has 1 unspecified atom stereocenters. The Labute approximate surface area is 122 Å². The standard InChI is InChI=1S/C15H28N4O/c1-12(2)11-15(3)13(20)19(14(16)17-15)10-9-18-7-5-4-6-8-18/h12H,4-11H2,1-3H3,(H2,16,17). The van der Waals surface area contributed by atoms with Crippen molar-refractivity contribution in [1.82, 2.24) is 15.1 Å². The van der Waals surface area contributed by atoms with Crippen LogP contribution in [0, 0.1) is 11.3 Å². The molecule has 2 rings (SSSR count). The SMILES string of the molecule is CC(C)CC1(C)NC(=N)N(CCN2CCCCC2)C1=O. The minimum absolute atomic E-state index is 0.0632. The van der Waals surface area contributed by atoms with Crippen molar-refractivity contribution < 1.29 is 4.79 Å². The Morgan fingerprint density at radius 3 is 2.50 bits per heavy atom. The molecule has 0 radical (unpaired) electrons. The van der Waals surface area contributed by atoms with E-state index in [-0.39, 0.29) is 11.9 Å². The number of amides is 1. The minimum Gasteiger partial charge on any atom is -0.342 e. The van der Waals surface area contributed by atoms with Crippen LogP contribution in [0.1, 0.15) is 46.5 Å². The third-order valence-electron chi connectivity index (χ3n) is 4.29. The van der Waals surface area contributed by atoms with Crippen molar-refractivity contribution in [2.24, 2.45) is 5.92 Å². The molecule has 1 atom stereocenters. The summed E-state index contributed by atoms with van der Waals surface area (Å²) in [5.41, 5.74) is -0.590. The van der Waals surface area contributed by atoms with Crippen LogP contribution >= 0.6 is 0 Å². The summed E-state index contributed by atoms with van der Waals surface area (Å²) in [5.74, 6) is 0.773. The van der Waals surface area contributed by atoms with Gasteiger partial charge >= 0.3 is 0 Å². The molecule has 20 heavy (non-hydrogen) atoms. The maximum absolute atomic E-state index is 12.5. The summed E-state index contributed by atoms with van der Waals surface area (Å²) in [5, 5.41) is 11.1. The lowest BCUT2D eigenvalue weighted by molar-refractivity contribution is -0.131. The Balaban J connectivity index is 1.91. The van der Waals surface area contributed by atoms with Gasteiger partial charge in [-0.1, -0.05) is 20.3 Å². The van der Waals surface area contributed by atoms with Crippen molar-refractivity contribution in [2.75, 3.05) is 26.2 Å². The third-order valence-corrected chi connectivity index (χ3v) is 4.29. The zero-order chi connectivity index (χ0) is 14.8. The molecule has 0 saturated carbocycles. The second-order valence-electron chi connectivity index (χ2n) is 6.76. The Hall–Kier alpha value is -1.10. The van der Waals surface area contributed by atoms with E-state index in [0.29, 0.717) is 12.5 Å². The molecular weight excluding hydrogens is 252 g/mol. The normalized spacial score (nSPS) is 28.3. The van der Waals surface area contributed by atoms with Gasteiger partial charge in [-0.25, -0.2) is 0 Å². The summed E-state index contributed by atoms with van der Waals surface area (Å²) in [6.45, 7) is 9.93. The number of hydrogen-bond acceptors (Lipinski definition) is 3. The molecule has 0 bridgehead atoms. The molecule has 2 N–H and O–H groups in total. The molecule has 2 saturated heterocycles. The van der Waals surface area contributed by atoms with Gasteiger partial charge in [0.25, 0.3) is 5.91 Å². The molecule has 5 heteroatoms. The molecule has 0 aromatic rings. The summed E-state index contributed by atoms with van der Waals surface area (Å²) >= 11 is 0. The van der Waals surface area contributed by atoms with E-state index in [1.807, 2.05) is 6.92 Å². The van der Waals surface area contributed by atoms with Crippen LogP contribution in [0.4, 0.5) is 0 Å². The van der Waals surface area contributed by atoms with Gasteiger partial charge in [-0.05, 0) is 45.2 Å². The predicted octanol–water partition coefficient (Wildman–Crippen LogP) is 1.64. The van der Waals surface area contributed by atoms with E-state index in [1.165, 1.54) is 19.3 Å². The van der Waals surface area contributed by atoms with E-state index in [9.17, 15) is 4.79 Å². The second kappa shape index (κ2) is 6.12. The number of carbonyl (C=O) groups excluding carboxylic acids is 1. The fourth-order valence-corrected chi connectivity index (χ4v) is 3.37. The molecule has 0 spiro atoms. The van der Waals surface area contributed by atoms with Gasteiger partial charge in [-0.15, -0.1) is 0 Å². The number of carbonyl (C=O) groups is 1. The van der Waals surface area contributed by atoms with Crippen molar-refractivity contribution in [3.05, 3.63) is 0 Å². The van der Waals surface area contributed by atoms with E-state index in [4.69, 9.17) is 5.41 Å². The first kappa shape index (κ1) is 15.3. The summed E-state index contributed by atoms with van der Waals surface area (Å²) in [6.07, 6.45) is 4.61. The number of nitrogens with one attached hydrogen (secondary N) is 2. The van der Waals surface area contributed by atoms with Crippen LogP contribution in [0.3, 0.4) is 0 Å². The fraction of sp³-hybridized carbons (Fsp3) is 0.867. The maximum Gasteiger partial charge on any atom is 0.254 e. The zero-order valence-electron chi connectivity index (χ0n) is 13.0. The van der Waals surface area contributed by atoms with E-state index >= 15 is 0 Å². The van der Waals surface area contributed by atoms with Gasteiger partial charge in [0.15, 0.2) is 5.96 Å². The maximum atomic E-state index is 12.5. The van der Waals surface area contributed by atoms with Crippen LogP contribution in [0.25, 0.3) is 0 Å². The minimum atomic E-state index is -0.590. The number of likely N-dealkylation sites (tertiary alicyclic amines) is 1.